The third-order valence-corrected chi connectivity index (χ3v) is 3.80. The summed E-state index contributed by atoms with van der Waals surface area (Å²) in [6.07, 6.45) is 1.54. The van der Waals surface area contributed by atoms with Crippen molar-refractivity contribution in [3.05, 3.63) is 84.4 Å². The van der Waals surface area contributed by atoms with Gasteiger partial charge in [-0.05, 0) is 61.0 Å². The predicted molar refractivity (Wildman–Crippen MR) is 113 cm³/mol. The van der Waals surface area contributed by atoms with E-state index in [1.165, 1.54) is 6.21 Å². The van der Waals surface area contributed by atoms with E-state index in [4.69, 9.17) is 14.3 Å². The Labute approximate surface area is 169 Å². The van der Waals surface area contributed by atoms with Crippen molar-refractivity contribution in [1.29, 1.82) is 0 Å². The Morgan fingerprint density at radius 2 is 1.66 bits per heavy atom. The topological polar surface area (TPSA) is 69.2 Å². The van der Waals surface area contributed by atoms with E-state index in [1.807, 2.05) is 73.7 Å². The van der Waals surface area contributed by atoms with Crippen LogP contribution in [0.4, 0.5) is 5.69 Å². The standard InChI is InChI=1S/C23H22N2O4/c1-2-27-19-14-12-18(13-15-19)16-24-28-17-23(26)25-21-10-6-7-11-22(21)29-20-8-4-3-5-9-20/h3-16H,2,17H2,1H3,(H,25,26)/b24-16-. The highest BCUT2D eigenvalue weighted by Crippen LogP contribution is 2.28. The van der Waals surface area contributed by atoms with Gasteiger partial charge in [0.25, 0.3) is 5.91 Å². The summed E-state index contributed by atoms with van der Waals surface area (Å²) in [5.41, 5.74) is 1.40. The van der Waals surface area contributed by atoms with Gasteiger partial charge in [0.2, 0.25) is 0 Å². The maximum atomic E-state index is 12.2. The van der Waals surface area contributed by atoms with Crippen LogP contribution in [0.2, 0.25) is 0 Å². The maximum absolute atomic E-state index is 12.2. The second kappa shape index (κ2) is 10.5. The number of nitrogens with one attached hydrogen (secondary N) is 1. The number of anilines is 1. The minimum Gasteiger partial charge on any atom is -0.494 e. The summed E-state index contributed by atoms with van der Waals surface area (Å²) in [7, 11) is 0. The molecule has 0 fully saturated rings. The number of nitrogens with zero attached hydrogens (tertiary/aromatic N) is 1. The second-order valence-electron chi connectivity index (χ2n) is 5.97. The Morgan fingerprint density at radius 3 is 2.41 bits per heavy atom. The van der Waals surface area contributed by atoms with E-state index in [2.05, 4.69) is 10.5 Å². The Bertz CT molecular complexity index is 941. The van der Waals surface area contributed by atoms with Crippen LogP contribution in [0, 0.1) is 0 Å². The van der Waals surface area contributed by atoms with Crippen molar-refractivity contribution in [3.8, 4) is 17.2 Å². The molecule has 0 aliphatic rings. The molecule has 0 unspecified atom stereocenters. The minimum absolute atomic E-state index is 0.215. The largest absolute Gasteiger partial charge is 0.494 e. The number of carbonyl (C=O) groups excluding carboxylic acids is 1. The van der Waals surface area contributed by atoms with Crippen molar-refractivity contribution < 1.29 is 19.1 Å². The van der Waals surface area contributed by atoms with Gasteiger partial charge in [-0.15, -0.1) is 0 Å². The average molecular weight is 390 g/mol. The highest BCUT2D eigenvalue weighted by Gasteiger charge is 2.08. The molecule has 0 saturated carbocycles. The lowest BCUT2D eigenvalue weighted by Gasteiger charge is -2.11. The zero-order valence-corrected chi connectivity index (χ0v) is 16.1. The fourth-order valence-corrected chi connectivity index (χ4v) is 2.47. The third kappa shape index (κ3) is 6.39. The molecule has 0 radical (unpaired) electrons. The lowest BCUT2D eigenvalue weighted by atomic mass is 10.2. The fraction of sp³-hybridized carbons (Fsp3) is 0.130. The van der Waals surface area contributed by atoms with Gasteiger partial charge < -0.3 is 19.6 Å². The quantitative estimate of drug-likeness (QED) is 0.418. The van der Waals surface area contributed by atoms with Gasteiger partial charge >= 0.3 is 0 Å². The van der Waals surface area contributed by atoms with Gasteiger partial charge in [0, 0.05) is 0 Å². The molecule has 3 rings (SSSR count). The zero-order chi connectivity index (χ0) is 20.3. The van der Waals surface area contributed by atoms with Crippen molar-refractivity contribution in [2.75, 3.05) is 18.5 Å². The molecular formula is C23H22N2O4. The van der Waals surface area contributed by atoms with Crippen molar-refractivity contribution >= 4 is 17.8 Å². The van der Waals surface area contributed by atoms with Gasteiger partial charge in [-0.25, -0.2) is 0 Å². The van der Waals surface area contributed by atoms with E-state index in [0.717, 1.165) is 11.3 Å². The number of para-hydroxylation sites is 3. The number of rotatable bonds is 9. The summed E-state index contributed by atoms with van der Waals surface area (Å²) >= 11 is 0. The summed E-state index contributed by atoms with van der Waals surface area (Å²) < 4.78 is 11.2. The molecule has 0 atom stereocenters. The Kier molecular flexibility index (Phi) is 7.23. The first-order valence-electron chi connectivity index (χ1n) is 9.24. The number of amides is 1. The molecular weight excluding hydrogens is 368 g/mol. The Morgan fingerprint density at radius 1 is 0.931 bits per heavy atom. The van der Waals surface area contributed by atoms with Crippen molar-refractivity contribution in [3.63, 3.8) is 0 Å². The molecule has 0 aliphatic carbocycles. The molecule has 1 amide bonds. The lowest BCUT2D eigenvalue weighted by molar-refractivity contribution is -0.120. The van der Waals surface area contributed by atoms with E-state index in [0.29, 0.717) is 23.8 Å². The van der Waals surface area contributed by atoms with E-state index < -0.39 is 0 Å². The van der Waals surface area contributed by atoms with Gasteiger partial charge in [0.15, 0.2) is 12.4 Å². The predicted octanol–water partition coefficient (Wildman–Crippen LogP) is 4.87. The number of ether oxygens (including phenoxy) is 2. The molecule has 1 N–H and O–H groups in total. The van der Waals surface area contributed by atoms with E-state index in [9.17, 15) is 4.79 Å². The SMILES string of the molecule is CCOc1ccc(/C=N\OCC(=O)Nc2ccccc2Oc2ccccc2)cc1. The van der Waals surface area contributed by atoms with E-state index in [1.54, 1.807) is 12.1 Å². The monoisotopic (exact) mass is 390 g/mol. The zero-order valence-electron chi connectivity index (χ0n) is 16.1. The van der Waals surface area contributed by atoms with Crippen LogP contribution >= 0.6 is 0 Å². The third-order valence-electron chi connectivity index (χ3n) is 3.80. The average Bonchev–Trinajstić information content (AvgIpc) is 2.75. The molecule has 0 saturated heterocycles. The van der Waals surface area contributed by atoms with Gasteiger partial charge in [-0.3, -0.25) is 4.79 Å². The molecule has 6 nitrogen and oxygen atoms in total. The van der Waals surface area contributed by atoms with Crippen molar-refractivity contribution in [2.24, 2.45) is 5.16 Å². The molecule has 0 aliphatic heterocycles. The minimum atomic E-state index is -0.335. The van der Waals surface area contributed by atoms with Crippen molar-refractivity contribution in [1.82, 2.24) is 0 Å². The Hall–Kier alpha value is -3.80. The molecule has 0 spiro atoms. The van der Waals surface area contributed by atoms with E-state index in [-0.39, 0.29) is 12.5 Å². The number of hydrogen-bond donors (Lipinski definition) is 1. The van der Waals surface area contributed by atoms with Crippen LogP contribution in [0.15, 0.2) is 84.0 Å². The Balaban J connectivity index is 1.51. The first kappa shape index (κ1) is 19.9. The number of benzene rings is 3. The smallest absolute Gasteiger partial charge is 0.265 e. The molecule has 3 aromatic carbocycles. The van der Waals surface area contributed by atoms with E-state index >= 15 is 0 Å². The van der Waals surface area contributed by atoms with Crippen LogP contribution in [0.5, 0.6) is 17.2 Å². The highest BCUT2D eigenvalue weighted by atomic mass is 16.6. The van der Waals surface area contributed by atoms with Gasteiger partial charge in [0.1, 0.15) is 11.5 Å². The summed E-state index contributed by atoms with van der Waals surface area (Å²) in [6, 6.07) is 24.0. The number of oxime groups is 1. The first-order valence-corrected chi connectivity index (χ1v) is 9.24. The molecule has 0 bridgehead atoms. The molecule has 6 heteroatoms. The van der Waals surface area contributed by atoms with Crippen molar-refractivity contribution in [2.45, 2.75) is 6.92 Å². The van der Waals surface area contributed by atoms with Gasteiger partial charge in [-0.2, -0.15) is 0 Å². The maximum Gasteiger partial charge on any atom is 0.265 e. The fourth-order valence-electron chi connectivity index (χ4n) is 2.47. The number of hydrogen-bond acceptors (Lipinski definition) is 5. The normalized spacial score (nSPS) is 10.5. The summed E-state index contributed by atoms with van der Waals surface area (Å²) in [5, 5.41) is 6.60. The molecule has 0 heterocycles. The van der Waals surface area contributed by atoms with Crippen LogP contribution in [0.1, 0.15) is 12.5 Å². The molecule has 3 aromatic rings. The van der Waals surface area contributed by atoms with Gasteiger partial charge in [-0.1, -0.05) is 35.5 Å². The highest BCUT2D eigenvalue weighted by molar-refractivity contribution is 5.93. The summed E-state index contributed by atoms with van der Waals surface area (Å²) in [6.45, 7) is 2.33. The lowest BCUT2D eigenvalue weighted by Crippen LogP contribution is -2.17. The second-order valence-corrected chi connectivity index (χ2v) is 5.97. The molecule has 29 heavy (non-hydrogen) atoms. The first-order chi connectivity index (χ1) is 14.2. The van der Waals surface area contributed by atoms with Crippen LogP contribution in [0.25, 0.3) is 0 Å². The molecule has 0 aromatic heterocycles. The molecule has 148 valence electrons. The van der Waals surface area contributed by atoms with Crippen LogP contribution in [-0.2, 0) is 9.63 Å². The van der Waals surface area contributed by atoms with Gasteiger partial charge in [0.05, 0.1) is 18.5 Å². The van der Waals surface area contributed by atoms with Crippen LogP contribution in [0.3, 0.4) is 0 Å². The summed E-state index contributed by atoms with van der Waals surface area (Å²) in [4.78, 5) is 17.3. The number of carbonyl (C=O) groups is 1. The summed E-state index contributed by atoms with van der Waals surface area (Å²) in [5.74, 6) is 1.69. The van der Waals surface area contributed by atoms with Crippen LogP contribution < -0.4 is 14.8 Å². The van der Waals surface area contributed by atoms with Crippen LogP contribution in [-0.4, -0.2) is 25.3 Å².